The van der Waals surface area contributed by atoms with Crippen molar-refractivity contribution < 1.29 is 19.4 Å². The Bertz CT molecular complexity index is 289. The third kappa shape index (κ3) is 13.9. The van der Waals surface area contributed by atoms with Gasteiger partial charge in [-0.25, -0.2) is 0 Å². The Hall–Kier alpha value is -1.06. The summed E-state index contributed by atoms with van der Waals surface area (Å²) in [6.07, 6.45) is 11.2. The van der Waals surface area contributed by atoms with Crippen molar-refractivity contribution in [2.75, 3.05) is 6.61 Å². The molecule has 1 unspecified atom stereocenters. The molecule has 0 radical (unpaired) electrons. The van der Waals surface area contributed by atoms with Crippen molar-refractivity contribution >= 4 is 11.9 Å². The van der Waals surface area contributed by atoms with E-state index in [-0.39, 0.29) is 12.4 Å². The first kappa shape index (κ1) is 20.9. The Morgan fingerprint density at radius 2 is 1.64 bits per heavy atom. The molecular weight excluding hydrogens is 280 g/mol. The fourth-order valence-electron chi connectivity index (χ4n) is 2.54. The number of unbranched alkanes of at least 4 members (excludes halogenated alkanes) is 6. The van der Waals surface area contributed by atoms with Gasteiger partial charge in [-0.3, -0.25) is 9.59 Å². The van der Waals surface area contributed by atoms with E-state index in [0.29, 0.717) is 18.9 Å². The van der Waals surface area contributed by atoms with E-state index >= 15 is 0 Å². The molecule has 0 aromatic heterocycles. The first-order valence-corrected chi connectivity index (χ1v) is 8.97. The molecule has 1 N–H and O–H groups in total. The average Bonchev–Trinajstić information content (AvgIpc) is 2.48. The Balaban J connectivity index is 3.40. The van der Waals surface area contributed by atoms with Gasteiger partial charge >= 0.3 is 11.9 Å². The monoisotopic (exact) mass is 314 g/mol. The van der Waals surface area contributed by atoms with Crippen molar-refractivity contribution in [2.45, 2.75) is 90.9 Å². The first-order valence-electron chi connectivity index (χ1n) is 8.97. The number of carboxylic acid groups (broad SMARTS) is 1. The molecule has 0 spiro atoms. The van der Waals surface area contributed by atoms with Crippen LogP contribution in [0.4, 0.5) is 0 Å². The largest absolute Gasteiger partial charge is 0.481 e. The predicted octanol–water partition coefficient (Wildman–Crippen LogP) is 4.95. The number of esters is 1. The van der Waals surface area contributed by atoms with E-state index in [1.54, 1.807) is 0 Å². The maximum absolute atomic E-state index is 11.5. The van der Waals surface area contributed by atoms with Crippen molar-refractivity contribution in [1.29, 1.82) is 0 Å². The number of rotatable bonds is 15. The van der Waals surface area contributed by atoms with Gasteiger partial charge in [0.1, 0.15) is 0 Å². The minimum atomic E-state index is -0.700. The summed E-state index contributed by atoms with van der Waals surface area (Å²) in [6.45, 7) is 4.77. The maximum Gasteiger partial charge on any atom is 0.305 e. The van der Waals surface area contributed by atoms with Crippen LogP contribution in [0.25, 0.3) is 0 Å². The van der Waals surface area contributed by atoms with Crippen LogP contribution in [0.5, 0.6) is 0 Å². The van der Waals surface area contributed by atoms with E-state index in [1.165, 1.54) is 12.8 Å². The number of hydrogen-bond acceptors (Lipinski definition) is 3. The summed E-state index contributed by atoms with van der Waals surface area (Å²) in [5.74, 6) is -0.479. The summed E-state index contributed by atoms with van der Waals surface area (Å²) in [5.41, 5.74) is 0. The second-order valence-electron chi connectivity index (χ2n) is 6.11. The van der Waals surface area contributed by atoms with Gasteiger partial charge in [-0.1, -0.05) is 58.8 Å². The van der Waals surface area contributed by atoms with Gasteiger partial charge in [0.25, 0.3) is 0 Å². The summed E-state index contributed by atoms with van der Waals surface area (Å²) in [5, 5.41) is 8.78. The Kier molecular flexibility index (Phi) is 14.1. The highest BCUT2D eigenvalue weighted by molar-refractivity contribution is 5.69. The SMILES string of the molecule is CCCCCCOC(=O)CCCCCCC(CC)CC(=O)O. The van der Waals surface area contributed by atoms with Crippen molar-refractivity contribution in [3.63, 3.8) is 0 Å². The molecule has 0 aromatic rings. The van der Waals surface area contributed by atoms with Gasteiger partial charge in [-0.2, -0.15) is 0 Å². The number of ether oxygens (including phenoxy) is 1. The molecule has 0 aliphatic heterocycles. The van der Waals surface area contributed by atoms with Gasteiger partial charge in [-0.15, -0.1) is 0 Å². The van der Waals surface area contributed by atoms with Gasteiger partial charge in [0.15, 0.2) is 0 Å². The second kappa shape index (κ2) is 14.9. The van der Waals surface area contributed by atoms with E-state index in [4.69, 9.17) is 9.84 Å². The lowest BCUT2D eigenvalue weighted by Gasteiger charge is -2.11. The quantitative estimate of drug-likeness (QED) is 0.343. The molecule has 0 amide bonds. The Labute approximate surface area is 135 Å². The second-order valence-corrected chi connectivity index (χ2v) is 6.11. The lowest BCUT2D eigenvalue weighted by molar-refractivity contribution is -0.144. The lowest BCUT2D eigenvalue weighted by atomic mass is 9.95. The van der Waals surface area contributed by atoms with Crippen molar-refractivity contribution in [3.05, 3.63) is 0 Å². The standard InChI is InChI=1S/C18H34O4/c1-3-5-6-11-14-22-18(21)13-10-8-7-9-12-16(4-2)15-17(19)20/h16H,3-15H2,1-2H3,(H,19,20). The molecule has 22 heavy (non-hydrogen) atoms. The molecule has 0 fully saturated rings. The highest BCUT2D eigenvalue weighted by atomic mass is 16.5. The highest BCUT2D eigenvalue weighted by Gasteiger charge is 2.10. The highest BCUT2D eigenvalue weighted by Crippen LogP contribution is 2.18. The third-order valence-electron chi connectivity index (χ3n) is 4.04. The lowest BCUT2D eigenvalue weighted by Crippen LogP contribution is -2.07. The van der Waals surface area contributed by atoms with Crippen LogP contribution in [0, 0.1) is 5.92 Å². The fraction of sp³-hybridized carbons (Fsp3) is 0.889. The van der Waals surface area contributed by atoms with Crippen LogP contribution in [-0.4, -0.2) is 23.7 Å². The molecule has 0 saturated carbocycles. The van der Waals surface area contributed by atoms with Crippen LogP contribution < -0.4 is 0 Å². The molecular formula is C18H34O4. The Morgan fingerprint density at radius 3 is 2.27 bits per heavy atom. The van der Waals surface area contributed by atoms with Gasteiger partial charge in [0, 0.05) is 12.8 Å². The molecule has 130 valence electrons. The summed E-state index contributed by atoms with van der Waals surface area (Å²) >= 11 is 0. The van der Waals surface area contributed by atoms with E-state index in [0.717, 1.165) is 51.4 Å². The smallest absolute Gasteiger partial charge is 0.305 e. The van der Waals surface area contributed by atoms with Gasteiger partial charge in [0.2, 0.25) is 0 Å². The van der Waals surface area contributed by atoms with Crippen LogP contribution in [0.15, 0.2) is 0 Å². The zero-order valence-corrected chi connectivity index (χ0v) is 14.4. The van der Waals surface area contributed by atoms with E-state index in [1.807, 2.05) is 6.92 Å². The molecule has 1 atom stereocenters. The third-order valence-corrected chi connectivity index (χ3v) is 4.04. The minimum Gasteiger partial charge on any atom is -0.481 e. The summed E-state index contributed by atoms with van der Waals surface area (Å²) in [4.78, 5) is 22.2. The molecule has 0 saturated heterocycles. The van der Waals surface area contributed by atoms with Crippen molar-refractivity contribution in [1.82, 2.24) is 0 Å². The molecule has 0 bridgehead atoms. The number of carbonyl (C=O) groups is 2. The Morgan fingerprint density at radius 1 is 0.955 bits per heavy atom. The topological polar surface area (TPSA) is 63.6 Å². The van der Waals surface area contributed by atoms with Crippen molar-refractivity contribution in [2.24, 2.45) is 5.92 Å². The molecule has 4 nitrogen and oxygen atoms in total. The number of hydrogen-bond donors (Lipinski definition) is 1. The molecule has 0 rings (SSSR count). The van der Waals surface area contributed by atoms with Crippen LogP contribution >= 0.6 is 0 Å². The molecule has 0 aliphatic rings. The molecule has 0 heterocycles. The first-order chi connectivity index (χ1) is 10.6. The fourth-order valence-corrected chi connectivity index (χ4v) is 2.54. The maximum atomic E-state index is 11.5. The average molecular weight is 314 g/mol. The number of carbonyl (C=O) groups excluding carboxylic acids is 1. The van der Waals surface area contributed by atoms with Crippen LogP contribution in [-0.2, 0) is 14.3 Å². The normalized spacial score (nSPS) is 12.1. The zero-order chi connectivity index (χ0) is 16.6. The van der Waals surface area contributed by atoms with E-state index in [2.05, 4.69) is 6.92 Å². The number of aliphatic carboxylic acids is 1. The molecule has 4 heteroatoms. The van der Waals surface area contributed by atoms with E-state index in [9.17, 15) is 9.59 Å². The van der Waals surface area contributed by atoms with Crippen LogP contribution in [0.3, 0.4) is 0 Å². The molecule has 0 aliphatic carbocycles. The zero-order valence-electron chi connectivity index (χ0n) is 14.4. The van der Waals surface area contributed by atoms with Gasteiger partial charge in [-0.05, 0) is 25.2 Å². The van der Waals surface area contributed by atoms with Crippen LogP contribution in [0.1, 0.15) is 90.9 Å². The minimum absolute atomic E-state index is 0.0752. The van der Waals surface area contributed by atoms with Gasteiger partial charge in [0.05, 0.1) is 6.61 Å². The number of carboxylic acids is 1. The summed E-state index contributed by atoms with van der Waals surface area (Å²) < 4.78 is 5.19. The van der Waals surface area contributed by atoms with Gasteiger partial charge < -0.3 is 9.84 Å². The van der Waals surface area contributed by atoms with E-state index < -0.39 is 5.97 Å². The summed E-state index contributed by atoms with van der Waals surface area (Å²) in [6, 6.07) is 0. The molecule has 0 aromatic carbocycles. The predicted molar refractivity (Wildman–Crippen MR) is 88.8 cm³/mol. The van der Waals surface area contributed by atoms with Crippen molar-refractivity contribution in [3.8, 4) is 0 Å². The summed E-state index contributed by atoms with van der Waals surface area (Å²) in [7, 11) is 0. The van der Waals surface area contributed by atoms with Crippen LogP contribution in [0.2, 0.25) is 0 Å².